The van der Waals surface area contributed by atoms with E-state index in [1.807, 2.05) is 0 Å². The Morgan fingerprint density at radius 2 is 1.79 bits per heavy atom. The minimum absolute atomic E-state index is 0.262. The molecular formula is C9H5ClF2N2. The molecule has 0 fully saturated rings. The zero-order valence-electron chi connectivity index (χ0n) is 6.92. The van der Waals surface area contributed by atoms with Crippen molar-refractivity contribution in [2.75, 3.05) is 0 Å². The molecule has 0 bridgehead atoms. The molecule has 2 rings (SSSR count). The van der Waals surface area contributed by atoms with Gasteiger partial charge in [-0.25, -0.2) is 13.5 Å². The van der Waals surface area contributed by atoms with Gasteiger partial charge in [-0.05, 0) is 18.2 Å². The Kier molecular flexibility index (Phi) is 2.21. The molecule has 1 aromatic heterocycles. The summed E-state index contributed by atoms with van der Waals surface area (Å²) in [6, 6.07) is 4.63. The first-order chi connectivity index (χ1) is 6.66. The highest BCUT2D eigenvalue weighted by molar-refractivity contribution is 6.29. The molecule has 0 saturated heterocycles. The molecule has 0 atom stereocenters. The number of hydrogen-bond acceptors (Lipinski definition) is 1. The Labute approximate surface area is 83.7 Å². The number of hydrogen-bond donors (Lipinski definition) is 0. The van der Waals surface area contributed by atoms with Crippen molar-refractivity contribution in [2.24, 2.45) is 0 Å². The summed E-state index contributed by atoms with van der Waals surface area (Å²) in [6.07, 6.45) is 1.45. The molecule has 0 saturated carbocycles. The van der Waals surface area contributed by atoms with Crippen LogP contribution < -0.4 is 0 Å². The van der Waals surface area contributed by atoms with E-state index < -0.39 is 11.6 Å². The van der Waals surface area contributed by atoms with E-state index >= 15 is 0 Å². The summed E-state index contributed by atoms with van der Waals surface area (Å²) in [7, 11) is 0. The second-order valence-corrected chi connectivity index (χ2v) is 3.08. The van der Waals surface area contributed by atoms with Crippen molar-refractivity contribution < 1.29 is 8.78 Å². The molecule has 0 aliphatic carbocycles. The molecule has 0 unspecified atom stereocenters. The fourth-order valence-electron chi connectivity index (χ4n) is 1.14. The van der Waals surface area contributed by atoms with Crippen LogP contribution in [0.4, 0.5) is 8.78 Å². The third-order valence-electron chi connectivity index (χ3n) is 1.69. The summed E-state index contributed by atoms with van der Waals surface area (Å²) < 4.78 is 26.9. The minimum atomic E-state index is -0.661. The normalized spacial score (nSPS) is 10.5. The first-order valence-electron chi connectivity index (χ1n) is 3.83. The molecule has 72 valence electrons. The van der Waals surface area contributed by atoms with E-state index in [4.69, 9.17) is 11.6 Å². The van der Waals surface area contributed by atoms with Gasteiger partial charge in [0, 0.05) is 6.07 Å². The zero-order chi connectivity index (χ0) is 10.1. The van der Waals surface area contributed by atoms with Gasteiger partial charge in [0.1, 0.15) is 16.8 Å². The molecule has 0 amide bonds. The molecule has 0 aliphatic heterocycles. The number of nitrogens with zero attached hydrogens (tertiary/aromatic N) is 2. The number of benzene rings is 1. The van der Waals surface area contributed by atoms with Crippen LogP contribution in [0.5, 0.6) is 0 Å². The van der Waals surface area contributed by atoms with Gasteiger partial charge in [-0.1, -0.05) is 11.6 Å². The maximum absolute atomic E-state index is 12.8. The van der Waals surface area contributed by atoms with E-state index in [1.165, 1.54) is 16.9 Å². The van der Waals surface area contributed by atoms with Gasteiger partial charge in [0.2, 0.25) is 0 Å². The summed E-state index contributed by atoms with van der Waals surface area (Å²) in [5.74, 6) is -1.32. The van der Waals surface area contributed by atoms with Crippen LogP contribution in [0.15, 0.2) is 30.5 Å². The monoisotopic (exact) mass is 214 g/mol. The minimum Gasteiger partial charge on any atom is -0.222 e. The predicted octanol–water partition coefficient (Wildman–Crippen LogP) is 2.80. The summed E-state index contributed by atoms with van der Waals surface area (Å²) in [6.45, 7) is 0. The lowest BCUT2D eigenvalue weighted by Gasteiger charge is -2.02. The summed E-state index contributed by atoms with van der Waals surface area (Å²) in [4.78, 5) is 0. The van der Waals surface area contributed by atoms with Crippen molar-refractivity contribution in [1.82, 2.24) is 9.78 Å². The van der Waals surface area contributed by atoms with E-state index in [9.17, 15) is 8.78 Å². The molecule has 1 heterocycles. The van der Waals surface area contributed by atoms with Gasteiger partial charge in [-0.15, -0.1) is 0 Å². The molecule has 0 spiro atoms. The molecular weight excluding hydrogens is 210 g/mol. The summed E-state index contributed by atoms with van der Waals surface area (Å²) >= 11 is 5.73. The molecule has 0 aliphatic rings. The summed E-state index contributed by atoms with van der Waals surface area (Å²) in [5, 5.41) is 4.12. The van der Waals surface area contributed by atoms with E-state index in [0.717, 1.165) is 18.2 Å². The van der Waals surface area contributed by atoms with Gasteiger partial charge >= 0.3 is 0 Å². The maximum atomic E-state index is 12.8. The lowest BCUT2D eigenvalue weighted by atomic mass is 10.3. The molecule has 14 heavy (non-hydrogen) atoms. The smallest absolute Gasteiger partial charge is 0.132 e. The SMILES string of the molecule is Fc1cc(F)cc(-n2nccc2Cl)c1. The molecule has 2 nitrogen and oxygen atoms in total. The second kappa shape index (κ2) is 3.38. The van der Waals surface area contributed by atoms with Crippen molar-refractivity contribution in [2.45, 2.75) is 0 Å². The number of rotatable bonds is 1. The Balaban J connectivity index is 2.57. The topological polar surface area (TPSA) is 17.8 Å². The van der Waals surface area contributed by atoms with E-state index in [1.54, 1.807) is 0 Å². The van der Waals surface area contributed by atoms with Crippen molar-refractivity contribution in [3.8, 4) is 5.69 Å². The molecule has 0 radical (unpaired) electrons. The van der Waals surface area contributed by atoms with Crippen LogP contribution in [0, 0.1) is 11.6 Å². The summed E-state index contributed by atoms with van der Waals surface area (Å²) in [5.41, 5.74) is 0.262. The highest BCUT2D eigenvalue weighted by Gasteiger charge is 2.05. The number of halogens is 3. The molecule has 5 heteroatoms. The van der Waals surface area contributed by atoms with Gasteiger partial charge < -0.3 is 0 Å². The third kappa shape index (κ3) is 1.61. The van der Waals surface area contributed by atoms with Crippen LogP contribution in [0.3, 0.4) is 0 Å². The maximum Gasteiger partial charge on any atom is 0.132 e. The first-order valence-corrected chi connectivity index (χ1v) is 4.20. The fourth-order valence-corrected chi connectivity index (χ4v) is 1.34. The number of aromatic nitrogens is 2. The first kappa shape index (κ1) is 9.15. The van der Waals surface area contributed by atoms with Crippen LogP contribution in [-0.4, -0.2) is 9.78 Å². The Hall–Kier alpha value is -1.42. The third-order valence-corrected chi connectivity index (χ3v) is 1.97. The quantitative estimate of drug-likeness (QED) is 0.714. The van der Waals surface area contributed by atoms with Gasteiger partial charge in [-0.2, -0.15) is 5.10 Å². The lowest BCUT2D eigenvalue weighted by Crippen LogP contribution is -1.97. The molecule has 2 aromatic rings. The van der Waals surface area contributed by atoms with Gasteiger partial charge in [0.05, 0.1) is 11.9 Å². The standard InChI is InChI=1S/C9H5ClF2N2/c10-9-1-2-13-14(9)8-4-6(11)3-7(12)5-8/h1-5H. The molecule has 1 aromatic carbocycles. The van der Waals surface area contributed by atoms with Crippen LogP contribution in [-0.2, 0) is 0 Å². The van der Waals surface area contributed by atoms with E-state index in [0.29, 0.717) is 5.15 Å². The van der Waals surface area contributed by atoms with Gasteiger partial charge in [0.15, 0.2) is 0 Å². The van der Waals surface area contributed by atoms with Crippen molar-refractivity contribution >= 4 is 11.6 Å². The van der Waals surface area contributed by atoms with Crippen molar-refractivity contribution in [3.63, 3.8) is 0 Å². The fraction of sp³-hybridized carbons (Fsp3) is 0. The van der Waals surface area contributed by atoms with Crippen LogP contribution >= 0.6 is 11.6 Å². The largest absolute Gasteiger partial charge is 0.222 e. The van der Waals surface area contributed by atoms with Crippen LogP contribution in [0.1, 0.15) is 0 Å². The van der Waals surface area contributed by atoms with Gasteiger partial charge in [0.25, 0.3) is 0 Å². The average molecular weight is 215 g/mol. The van der Waals surface area contributed by atoms with Gasteiger partial charge in [-0.3, -0.25) is 0 Å². The van der Waals surface area contributed by atoms with E-state index in [-0.39, 0.29) is 5.69 Å². The zero-order valence-corrected chi connectivity index (χ0v) is 7.67. The Morgan fingerprint density at radius 3 is 2.29 bits per heavy atom. The second-order valence-electron chi connectivity index (χ2n) is 2.69. The highest BCUT2D eigenvalue weighted by Crippen LogP contribution is 2.16. The van der Waals surface area contributed by atoms with Crippen molar-refractivity contribution in [3.05, 3.63) is 47.2 Å². The highest BCUT2D eigenvalue weighted by atomic mass is 35.5. The lowest BCUT2D eigenvalue weighted by molar-refractivity contribution is 0.580. The molecule has 0 N–H and O–H groups in total. The van der Waals surface area contributed by atoms with Crippen molar-refractivity contribution in [1.29, 1.82) is 0 Å². The predicted molar refractivity (Wildman–Crippen MR) is 48.5 cm³/mol. The Morgan fingerprint density at radius 1 is 1.14 bits per heavy atom. The van der Waals surface area contributed by atoms with Crippen LogP contribution in [0.25, 0.3) is 5.69 Å². The Bertz CT molecular complexity index is 447. The van der Waals surface area contributed by atoms with E-state index in [2.05, 4.69) is 5.10 Å². The van der Waals surface area contributed by atoms with Crippen LogP contribution in [0.2, 0.25) is 5.15 Å². The average Bonchev–Trinajstić information content (AvgIpc) is 2.49.